The number of pyridine rings is 1. The van der Waals surface area contributed by atoms with Crippen molar-refractivity contribution in [3.63, 3.8) is 0 Å². The van der Waals surface area contributed by atoms with Crippen molar-refractivity contribution in [1.29, 1.82) is 0 Å². The zero-order valence-electron chi connectivity index (χ0n) is 11.6. The van der Waals surface area contributed by atoms with Gasteiger partial charge < -0.3 is 14.2 Å². The predicted octanol–water partition coefficient (Wildman–Crippen LogP) is 1.73. The molecule has 0 spiro atoms. The molecule has 1 aliphatic rings. The van der Waals surface area contributed by atoms with Crippen LogP contribution in [0.3, 0.4) is 0 Å². The second kappa shape index (κ2) is 5.72. The van der Waals surface area contributed by atoms with Gasteiger partial charge in [-0.2, -0.15) is 4.98 Å². The second-order valence-electron chi connectivity index (χ2n) is 4.55. The van der Waals surface area contributed by atoms with E-state index in [0.29, 0.717) is 23.5 Å². The maximum Gasteiger partial charge on any atom is 0.250 e. The molecule has 3 heterocycles. The number of nitrogens with zero attached hydrogens (tertiary/aromatic N) is 4. The Bertz CT molecular complexity index is 660. The maximum atomic E-state index is 11.6. The van der Waals surface area contributed by atoms with Gasteiger partial charge in [-0.1, -0.05) is 5.16 Å². The molecule has 0 N–H and O–H groups in total. The monoisotopic (exact) mass is 306 g/mol. The standard InChI is InChI=1S/C13H14N4O3S/c1-8(18)17-7-21-6-10(17)13-15-12(16-20-13)9-3-4-14-11(5-9)19-2/h3-5,10H,6-7H2,1-2H3. The molecule has 3 rings (SSSR count). The van der Waals surface area contributed by atoms with Crippen LogP contribution in [-0.4, -0.2) is 44.7 Å². The van der Waals surface area contributed by atoms with Crippen LogP contribution in [0, 0.1) is 0 Å². The summed E-state index contributed by atoms with van der Waals surface area (Å²) in [5.41, 5.74) is 0.761. The van der Waals surface area contributed by atoms with Crippen LogP contribution in [0.4, 0.5) is 0 Å². The van der Waals surface area contributed by atoms with Crippen LogP contribution in [0.15, 0.2) is 22.9 Å². The van der Waals surface area contributed by atoms with E-state index in [1.54, 1.807) is 49.0 Å². The Balaban J connectivity index is 1.87. The number of carbonyl (C=O) groups is 1. The first-order valence-corrected chi connectivity index (χ1v) is 7.53. The minimum atomic E-state index is -0.155. The van der Waals surface area contributed by atoms with Crippen LogP contribution in [0.5, 0.6) is 5.88 Å². The SMILES string of the molecule is COc1cc(-c2noc(C3CSCN3C(C)=O)n2)ccn1. The summed E-state index contributed by atoms with van der Waals surface area (Å²) in [4.78, 5) is 21.8. The number of rotatable bonds is 3. The third-order valence-electron chi connectivity index (χ3n) is 3.22. The van der Waals surface area contributed by atoms with Gasteiger partial charge in [0.1, 0.15) is 6.04 Å². The van der Waals surface area contributed by atoms with E-state index >= 15 is 0 Å². The summed E-state index contributed by atoms with van der Waals surface area (Å²) >= 11 is 1.67. The minimum absolute atomic E-state index is 0.00957. The van der Waals surface area contributed by atoms with Crippen LogP contribution < -0.4 is 4.74 Å². The molecule has 0 aromatic carbocycles. The fourth-order valence-corrected chi connectivity index (χ4v) is 3.32. The Kier molecular flexibility index (Phi) is 3.78. The lowest BCUT2D eigenvalue weighted by Gasteiger charge is -2.18. The molecule has 7 nitrogen and oxygen atoms in total. The van der Waals surface area contributed by atoms with Gasteiger partial charge in [0.15, 0.2) is 0 Å². The van der Waals surface area contributed by atoms with E-state index in [1.807, 2.05) is 0 Å². The number of methoxy groups -OCH3 is 1. The highest BCUT2D eigenvalue weighted by atomic mass is 32.2. The molecule has 0 bridgehead atoms. The number of thioether (sulfide) groups is 1. The molecule has 1 unspecified atom stereocenters. The largest absolute Gasteiger partial charge is 0.481 e. The van der Waals surface area contributed by atoms with Gasteiger partial charge in [0.25, 0.3) is 5.89 Å². The molecule has 1 amide bonds. The Morgan fingerprint density at radius 2 is 2.43 bits per heavy atom. The molecule has 2 aromatic rings. The van der Waals surface area contributed by atoms with E-state index in [1.165, 1.54) is 0 Å². The molecule has 2 aromatic heterocycles. The first kappa shape index (κ1) is 13.9. The normalized spacial score (nSPS) is 18.0. The molecule has 1 saturated heterocycles. The number of aromatic nitrogens is 3. The van der Waals surface area contributed by atoms with Gasteiger partial charge in [-0.3, -0.25) is 4.79 Å². The molecular formula is C13H14N4O3S. The van der Waals surface area contributed by atoms with Gasteiger partial charge in [-0.05, 0) is 6.07 Å². The van der Waals surface area contributed by atoms with Gasteiger partial charge >= 0.3 is 0 Å². The minimum Gasteiger partial charge on any atom is -0.481 e. The molecule has 0 aliphatic carbocycles. The molecule has 21 heavy (non-hydrogen) atoms. The third-order valence-corrected chi connectivity index (χ3v) is 4.23. The van der Waals surface area contributed by atoms with Crippen LogP contribution in [-0.2, 0) is 4.79 Å². The molecule has 1 aliphatic heterocycles. The van der Waals surface area contributed by atoms with Crippen LogP contribution in [0.25, 0.3) is 11.4 Å². The zero-order chi connectivity index (χ0) is 14.8. The van der Waals surface area contributed by atoms with E-state index in [9.17, 15) is 4.79 Å². The van der Waals surface area contributed by atoms with E-state index in [0.717, 1.165) is 11.3 Å². The number of hydrogen-bond acceptors (Lipinski definition) is 7. The van der Waals surface area contributed by atoms with Crippen molar-refractivity contribution in [3.05, 3.63) is 24.2 Å². The van der Waals surface area contributed by atoms with Crippen molar-refractivity contribution in [2.24, 2.45) is 0 Å². The predicted molar refractivity (Wildman–Crippen MR) is 76.7 cm³/mol. The average molecular weight is 306 g/mol. The summed E-state index contributed by atoms with van der Waals surface area (Å²) in [5.74, 6) is 2.84. The molecule has 0 radical (unpaired) electrons. The van der Waals surface area contributed by atoms with Crippen molar-refractivity contribution >= 4 is 17.7 Å². The average Bonchev–Trinajstić information content (AvgIpc) is 3.15. The zero-order valence-corrected chi connectivity index (χ0v) is 12.5. The summed E-state index contributed by atoms with van der Waals surface area (Å²) in [7, 11) is 1.55. The van der Waals surface area contributed by atoms with Crippen molar-refractivity contribution in [2.45, 2.75) is 13.0 Å². The Hall–Kier alpha value is -2.09. The molecular weight excluding hydrogens is 292 g/mol. The smallest absolute Gasteiger partial charge is 0.250 e. The lowest BCUT2D eigenvalue weighted by Crippen LogP contribution is -2.28. The van der Waals surface area contributed by atoms with Gasteiger partial charge in [-0.25, -0.2) is 4.98 Å². The van der Waals surface area contributed by atoms with Crippen molar-refractivity contribution in [3.8, 4) is 17.3 Å². The number of ether oxygens (including phenoxy) is 1. The fourth-order valence-electron chi connectivity index (χ4n) is 2.11. The topological polar surface area (TPSA) is 81.4 Å². The summed E-state index contributed by atoms with van der Waals surface area (Å²) in [6.45, 7) is 1.55. The summed E-state index contributed by atoms with van der Waals surface area (Å²) in [5, 5.41) is 3.98. The molecule has 8 heteroatoms. The Labute approximate surface area is 125 Å². The number of carbonyl (C=O) groups excluding carboxylic acids is 1. The Morgan fingerprint density at radius 1 is 1.57 bits per heavy atom. The summed E-state index contributed by atoms with van der Waals surface area (Å²) in [6, 6.07) is 3.36. The van der Waals surface area contributed by atoms with Crippen LogP contribution in [0.2, 0.25) is 0 Å². The lowest BCUT2D eigenvalue weighted by atomic mass is 10.2. The van der Waals surface area contributed by atoms with E-state index in [2.05, 4.69) is 15.1 Å². The number of hydrogen-bond donors (Lipinski definition) is 0. The van der Waals surface area contributed by atoms with Crippen LogP contribution in [0.1, 0.15) is 18.9 Å². The molecule has 0 saturated carbocycles. The summed E-state index contributed by atoms with van der Waals surface area (Å²) < 4.78 is 10.4. The van der Waals surface area contributed by atoms with E-state index in [-0.39, 0.29) is 11.9 Å². The first-order chi connectivity index (χ1) is 10.2. The fraction of sp³-hybridized carbons (Fsp3) is 0.385. The molecule has 110 valence electrons. The summed E-state index contributed by atoms with van der Waals surface area (Å²) in [6.07, 6.45) is 1.62. The molecule has 1 fully saturated rings. The first-order valence-electron chi connectivity index (χ1n) is 6.38. The molecule has 1 atom stereocenters. The second-order valence-corrected chi connectivity index (χ2v) is 5.55. The highest BCUT2D eigenvalue weighted by molar-refractivity contribution is 7.99. The maximum absolute atomic E-state index is 11.6. The van der Waals surface area contributed by atoms with Crippen molar-refractivity contribution in [2.75, 3.05) is 18.7 Å². The lowest BCUT2D eigenvalue weighted by molar-refractivity contribution is -0.129. The third kappa shape index (κ3) is 2.71. The van der Waals surface area contributed by atoms with Gasteiger partial charge in [-0.15, -0.1) is 11.8 Å². The van der Waals surface area contributed by atoms with Crippen molar-refractivity contribution < 1.29 is 14.1 Å². The van der Waals surface area contributed by atoms with Gasteiger partial charge in [0.2, 0.25) is 17.6 Å². The quantitative estimate of drug-likeness (QED) is 0.854. The van der Waals surface area contributed by atoms with Crippen molar-refractivity contribution in [1.82, 2.24) is 20.0 Å². The Morgan fingerprint density at radius 3 is 3.19 bits per heavy atom. The highest BCUT2D eigenvalue weighted by Gasteiger charge is 2.33. The number of amides is 1. The van der Waals surface area contributed by atoms with E-state index in [4.69, 9.17) is 9.26 Å². The van der Waals surface area contributed by atoms with Gasteiger partial charge in [0.05, 0.1) is 13.0 Å². The highest BCUT2D eigenvalue weighted by Crippen LogP contribution is 2.33. The van der Waals surface area contributed by atoms with Crippen LogP contribution >= 0.6 is 11.8 Å². The van der Waals surface area contributed by atoms with Gasteiger partial charge in [0, 0.05) is 30.5 Å². The van der Waals surface area contributed by atoms with E-state index < -0.39 is 0 Å².